The van der Waals surface area contributed by atoms with Crippen molar-refractivity contribution in [2.45, 2.75) is 44.4 Å². The van der Waals surface area contributed by atoms with E-state index in [0.29, 0.717) is 5.41 Å². The molecule has 92 valence electrons. The van der Waals surface area contributed by atoms with E-state index in [-0.39, 0.29) is 11.2 Å². The predicted octanol–water partition coefficient (Wildman–Crippen LogP) is 4.03. The van der Waals surface area contributed by atoms with Crippen LogP contribution in [0.15, 0.2) is 35.9 Å². The molecule has 1 aromatic rings. The van der Waals surface area contributed by atoms with Crippen LogP contribution in [0.1, 0.15) is 54.9 Å². The van der Waals surface area contributed by atoms with Gasteiger partial charge >= 0.3 is 0 Å². The highest BCUT2D eigenvalue weighted by Gasteiger charge is 2.54. The maximum absolute atomic E-state index is 12.2. The lowest BCUT2D eigenvalue weighted by Crippen LogP contribution is -2.36. The van der Waals surface area contributed by atoms with Crippen molar-refractivity contribution >= 4 is 5.78 Å². The predicted molar refractivity (Wildman–Crippen MR) is 71.7 cm³/mol. The fourth-order valence-electron chi connectivity index (χ4n) is 4.55. The first-order valence-corrected chi connectivity index (χ1v) is 6.98. The van der Waals surface area contributed by atoms with E-state index in [2.05, 4.69) is 19.1 Å². The van der Waals surface area contributed by atoms with E-state index in [1.807, 2.05) is 18.2 Å². The molecule has 0 amide bonds. The van der Waals surface area contributed by atoms with E-state index in [9.17, 15) is 4.79 Å². The van der Waals surface area contributed by atoms with Crippen molar-refractivity contribution in [3.05, 3.63) is 47.0 Å². The topological polar surface area (TPSA) is 17.1 Å². The Morgan fingerprint density at radius 1 is 1.11 bits per heavy atom. The number of carbonyl (C=O) groups is 1. The summed E-state index contributed by atoms with van der Waals surface area (Å²) in [6.07, 6.45) is 8.13. The molecule has 3 aliphatic carbocycles. The van der Waals surface area contributed by atoms with Crippen LogP contribution < -0.4 is 0 Å². The Kier molecular flexibility index (Phi) is 1.84. The third-order valence-corrected chi connectivity index (χ3v) is 5.51. The monoisotopic (exact) mass is 238 g/mol. The highest BCUT2D eigenvalue weighted by molar-refractivity contribution is 6.08. The largest absolute Gasteiger partial charge is 0.289 e. The summed E-state index contributed by atoms with van der Waals surface area (Å²) in [5, 5.41) is 0. The van der Waals surface area contributed by atoms with E-state index in [4.69, 9.17) is 0 Å². The first kappa shape index (κ1) is 10.5. The highest BCUT2D eigenvalue weighted by Crippen LogP contribution is 2.62. The maximum Gasteiger partial charge on any atom is 0.186 e. The Balaban J connectivity index is 1.98. The summed E-state index contributed by atoms with van der Waals surface area (Å²) in [5.41, 5.74) is 4.40. The molecule has 2 fully saturated rings. The van der Waals surface area contributed by atoms with Gasteiger partial charge in [-0.3, -0.25) is 4.79 Å². The zero-order valence-electron chi connectivity index (χ0n) is 10.8. The molecule has 0 saturated heterocycles. The quantitative estimate of drug-likeness (QED) is 0.667. The average molecular weight is 238 g/mol. The number of ketones is 1. The lowest BCUT2D eigenvalue weighted by atomic mass is 9.60. The molecule has 2 atom stereocenters. The van der Waals surface area contributed by atoms with E-state index in [1.54, 1.807) is 0 Å². The molecule has 2 bridgehead atoms. The van der Waals surface area contributed by atoms with E-state index < -0.39 is 0 Å². The lowest BCUT2D eigenvalue weighted by molar-refractivity contribution is 0.103. The number of rotatable bonds is 0. The third-order valence-electron chi connectivity index (χ3n) is 5.51. The van der Waals surface area contributed by atoms with Gasteiger partial charge in [0, 0.05) is 11.0 Å². The van der Waals surface area contributed by atoms with Gasteiger partial charge in [-0.15, -0.1) is 0 Å². The molecule has 3 aliphatic rings. The Morgan fingerprint density at radius 3 is 2.83 bits per heavy atom. The molecule has 0 N–H and O–H groups in total. The molecular formula is C17H18O. The molecule has 1 aromatic carbocycles. The van der Waals surface area contributed by atoms with E-state index in [1.165, 1.54) is 36.8 Å². The van der Waals surface area contributed by atoms with Crippen LogP contribution in [0, 0.1) is 5.41 Å². The Bertz CT molecular complexity index is 583. The fraction of sp³-hybridized carbons (Fsp3) is 0.471. The molecule has 0 unspecified atom stereocenters. The Labute approximate surface area is 108 Å². The van der Waals surface area contributed by atoms with E-state index in [0.717, 1.165) is 12.0 Å². The molecule has 1 nitrogen and oxygen atoms in total. The SMILES string of the molecule is C[C@@]12CCC3=CC(=O)c4ccccc4[C@]3(CC1)C2. The molecule has 1 heteroatoms. The number of hydrogen-bond donors (Lipinski definition) is 0. The van der Waals surface area contributed by atoms with Crippen molar-refractivity contribution < 1.29 is 4.79 Å². The molecule has 0 heterocycles. The van der Waals surface area contributed by atoms with E-state index >= 15 is 0 Å². The minimum absolute atomic E-state index is 0.206. The van der Waals surface area contributed by atoms with Crippen LogP contribution >= 0.6 is 0 Å². The molecule has 4 rings (SSSR count). The zero-order chi connectivity index (χ0) is 12.4. The first-order chi connectivity index (χ1) is 8.63. The van der Waals surface area contributed by atoms with Crippen LogP contribution in [-0.4, -0.2) is 5.78 Å². The van der Waals surface area contributed by atoms with Crippen molar-refractivity contribution in [3.8, 4) is 0 Å². The van der Waals surface area contributed by atoms with Gasteiger partial charge in [0.15, 0.2) is 5.78 Å². The maximum atomic E-state index is 12.2. The highest BCUT2D eigenvalue weighted by atomic mass is 16.1. The number of hydrogen-bond acceptors (Lipinski definition) is 1. The third kappa shape index (κ3) is 1.15. The van der Waals surface area contributed by atoms with Crippen LogP contribution in [0.2, 0.25) is 0 Å². The zero-order valence-corrected chi connectivity index (χ0v) is 10.8. The van der Waals surface area contributed by atoms with Crippen molar-refractivity contribution in [2.24, 2.45) is 5.41 Å². The second-order valence-electron chi connectivity index (χ2n) is 6.65. The number of allylic oxidation sites excluding steroid dienone is 2. The van der Waals surface area contributed by atoms with Gasteiger partial charge in [-0.05, 0) is 49.2 Å². The van der Waals surface area contributed by atoms with Crippen molar-refractivity contribution in [1.82, 2.24) is 0 Å². The van der Waals surface area contributed by atoms with Gasteiger partial charge in [0.25, 0.3) is 0 Å². The minimum atomic E-state index is 0.206. The lowest BCUT2D eigenvalue weighted by Gasteiger charge is -2.43. The Hall–Kier alpha value is -1.37. The molecule has 2 saturated carbocycles. The summed E-state index contributed by atoms with van der Waals surface area (Å²) >= 11 is 0. The van der Waals surface area contributed by atoms with Crippen LogP contribution in [0.5, 0.6) is 0 Å². The molecule has 18 heavy (non-hydrogen) atoms. The Morgan fingerprint density at radius 2 is 1.94 bits per heavy atom. The van der Waals surface area contributed by atoms with Gasteiger partial charge < -0.3 is 0 Å². The molecule has 0 aliphatic heterocycles. The van der Waals surface area contributed by atoms with Crippen LogP contribution in [0.3, 0.4) is 0 Å². The number of carbonyl (C=O) groups excluding carboxylic acids is 1. The van der Waals surface area contributed by atoms with Gasteiger partial charge in [-0.1, -0.05) is 36.8 Å². The van der Waals surface area contributed by atoms with Gasteiger partial charge in [-0.25, -0.2) is 0 Å². The summed E-state index contributed by atoms with van der Waals surface area (Å²) < 4.78 is 0. The molecule has 0 aromatic heterocycles. The van der Waals surface area contributed by atoms with Crippen molar-refractivity contribution in [2.75, 3.05) is 0 Å². The molecule has 1 spiro atoms. The van der Waals surface area contributed by atoms with Crippen LogP contribution in [0.4, 0.5) is 0 Å². The average Bonchev–Trinajstić information content (AvgIpc) is 2.66. The molecule has 0 radical (unpaired) electrons. The first-order valence-electron chi connectivity index (χ1n) is 6.98. The van der Waals surface area contributed by atoms with Gasteiger partial charge in [0.2, 0.25) is 0 Å². The smallest absolute Gasteiger partial charge is 0.186 e. The van der Waals surface area contributed by atoms with Crippen molar-refractivity contribution in [3.63, 3.8) is 0 Å². The summed E-state index contributed by atoms with van der Waals surface area (Å²) in [6.45, 7) is 2.43. The fourth-order valence-corrected chi connectivity index (χ4v) is 4.55. The number of benzene rings is 1. The van der Waals surface area contributed by atoms with Gasteiger partial charge in [0.1, 0.15) is 0 Å². The normalized spacial score (nSPS) is 36.9. The van der Waals surface area contributed by atoms with Gasteiger partial charge in [0.05, 0.1) is 0 Å². The van der Waals surface area contributed by atoms with Crippen LogP contribution in [-0.2, 0) is 5.41 Å². The van der Waals surface area contributed by atoms with Crippen LogP contribution in [0.25, 0.3) is 0 Å². The second-order valence-corrected chi connectivity index (χ2v) is 6.65. The number of fused-ring (bicyclic) bond motifs is 2. The standard InChI is InChI=1S/C17H18O/c1-16-7-6-12-10-15(18)13-4-2-3-5-14(13)17(12,11-16)9-8-16/h2-5,10H,6-9,11H2,1H3/t16-,17-/m1/s1. The summed E-state index contributed by atoms with van der Waals surface area (Å²) in [7, 11) is 0. The molecular weight excluding hydrogens is 220 g/mol. The summed E-state index contributed by atoms with van der Waals surface area (Å²) in [6, 6.07) is 8.28. The minimum Gasteiger partial charge on any atom is -0.289 e. The summed E-state index contributed by atoms with van der Waals surface area (Å²) in [5.74, 6) is 0.224. The van der Waals surface area contributed by atoms with Crippen molar-refractivity contribution in [1.29, 1.82) is 0 Å². The second kappa shape index (κ2) is 3.14. The summed E-state index contributed by atoms with van der Waals surface area (Å²) in [4.78, 5) is 12.2. The van der Waals surface area contributed by atoms with Gasteiger partial charge in [-0.2, -0.15) is 0 Å².